The van der Waals surface area contributed by atoms with Gasteiger partial charge in [-0.2, -0.15) is 0 Å². The molecule has 0 atom stereocenters. The second-order valence-electron chi connectivity index (χ2n) is 5.88. The monoisotopic (exact) mass is 358 g/mol. The van der Waals surface area contributed by atoms with Gasteiger partial charge in [-0.1, -0.05) is 24.3 Å². The fraction of sp³-hybridized carbons (Fsp3) is 0.300. The SMILES string of the molecule is COc1ccc(CCCOc2ccc(CC(C(=O)O)C(=O)O)cc2)cc1. The van der Waals surface area contributed by atoms with Crippen LogP contribution in [-0.2, 0) is 22.4 Å². The maximum Gasteiger partial charge on any atom is 0.318 e. The number of carboxylic acids is 2. The molecule has 0 aliphatic carbocycles. The van der Waals surface area contributed by atoms with Gasteiger partial charge < -0.3 is 19.7 Å². The second kappa shape index (κ2) is 9.46. The highest BCUT2D eigenvalue weighted by atomic mass is 16.5. The molecule has 0 aromatic heterocycles. The topological polar surface area (TPSA) is 93.1 Å². The minimum atomic E-state index is -1.44. The molecule has 0 fully saturated rings. The summed E-state index contributed by atoms with van der Waals surface area (Å²) in [5.41, 5.74) is 1.85. The fourth-order valence-corrected chi connectivity index (χ4v) is 2.50. The van der Waals surface area contributed by atoms with Gasteiger partial charge in [0, 0.05) is 0 Å². The largest absolute Gasteiger partial charge is 0.497 e. The van der Waals surface area contributed by atoms with Gasteiger partial charge in [0.1, 0.15) is 11.5 Å². The van der Waals surface area contributed by atoms with Crippen molar-refractivity contribution in [3.63, 3.8) is 0 Å². The first-order valence-corrected chi connectivity index (χ1v) is 8.30. The summed E-state index contributed by atoms with van der Waals surface area (Å²) in [5.74, 6) is -2.61. The van der Waals surface area contributed by atoms with E-state index in [0.29, 0.717) is 17.9 Å². The normalized spacial score (nSPS) is 10.5. The van der Waals surface area contributed by atoms with Gasteiger partial charge in [-0.3, -0.25) is 9.59 Å². The van der Waals surface area contributed by atoms with Crippen molar-refractivity contribution >= 4 is 11.9 Å². The molecule has 138 valence electrons. The first-order chi connectivity index (χ1) is 12.5. The van der Waals surface area contributed by atoms with Crippen molar-refractivity contribution in [3.8, 4) is 11.5 Å². The van der Waals surface area contributed by atoms with Crippen molar-refractivity contribution in [3.05, 3.63) is 59.7 Å². The van der Waals surface area contributed by atoms with Crippen LogP contribution < -0.4 is 9.47 Å². The third kappa shape index (κ3) is 5.81. The van der Waals surface area contributed by atoms with E-state index in [2.05, 4.69) is 0 Å². The average Bonchev–Trinajstić information content (AvgIpc) is 2.64. The lowest BCUT2D eigenvalue weighted by Gasteiger charge is -2.09. The predicted octanol–water partition coefficient (Wildman–Crippen LogP) is 3.03. The van der Waals surface area contributed by atoms with Crippen LogP contribution in [0.2, 0.25) is 0 Å². The summed E-state index contributed by atoms with van der Waals surface area (Å²) in [5, 5.41) is 17.8. The molecule has 0 unspecified atom stereocenters. The molecule has 26 heavy (non-hydrogen) atoms. The van der Waals surface area contributed by atoms with Gasteiger partial charge in [0.2, 0.25) is 0 Å². The van der Waals surface area contributed by atoms with Crippen molar-refractivity contribution in [2.24, 2.45) is 5.92 Å². The Bertz CT molecular complexity index is 707. The van der Waals surface area contributed by atoms with Crippen molar-refractivity contribution in [2.45, 2.75) is 19.3 Å². The number of methoxy groups -OCH3 is 1. The molecule has 2 aromatic rings. The summed E-state index contributed by atoms with van der Waals surface area (Å²) in [7, 11) is 1.64. The molecule has 2 N–H and O–H groups in total. The Morgan fingerprint density at radius 2 is 1.42 bits per heavy atom. The molecule has 0 saturated carbocycles. The number of carbonyl (C=O) groups is 2. The smallest absolute Gasteiger partial charge is 0.318 e. The lowest BCUT2D eigenvalue weighted by atomic mass is 10.00. The lowest BCUT2D eigenvalue weighted by Crippen LogP contribution is -2.25. The average molecular weight is 358 g/mol. The van der Waals surface area contributed by atoms with Crippen molar-refractivity contribution in [1.29, 1.82) is 0 Å². The molecule has 0 heterocycles. The van der Waals surface area contributed by atoms with Gasteiger partial charge in [-0.25, -0.2) is 0 Å². The molecule has 6 heteroatoms. The van der Waals surface area contributed by atoms with Crippen LogP contribution in [0.4, 0.5) is 0 Å². The van der Waals surface area contributed by atoms with Crippen LogP contribution in [0, 0.1) is 5.92 Å². The molecule has 6 nitrogen and oxygen atoms in total. The first-order valence-electron chi connectivity index (χ1n) is 8.30. The third-order valence-corrected chi connectivity index (χ3v) is 4.00. The second-order valence-corrected chi connectivity index (χ2v) is 5.88. The molecule has 0 amide bonds. The molecule has 2 rings (SSSR count). The molecule has 0 bridgehead atoms. The highest BCUT2D eigenvalue weighted by Crippen LogP contribution is 2.17. The van der Waals surface area contributed by atoms with E-state index in [-0.39, 0.29) is 6.42 Å². The number of hydrogen-bond donors (Lipinski definition) is 2. The van der Waals surface area contributed by atoms with Crippen molar-refractivity contribution < 1.29 is 29.3 Å². The van der Waals surface area contributed by atoms with E-state index >= 15 is 0 Å². The number of ether oxygens (including phenoxy) is 2. The Balaban J connectivity index is 1.78. The number of aryl methyl sites for hydroxylation is 1. The number of hydrogen-bond acceptors (Lipinski definition) is 4. The Morgan fingerprint density at radius 3 is 1.96 bits per heavy atom. The lowest BCUT2D eigenvalue weighted by molar-refractivity contribution is -0.154. The van der Waals surface area contributed by atoms with E-state index in [1.165, 1.54) is 5.56 Å². The van der Waals surface area contributed by atoms with Crippen LogP contribution in [0.5, 0.6) is 11.5 Å². The third-order valence-electron chi connectivity index (χ3n) is 4.00. The highest BCUT2D eigenvalue weighted by molar-refractivity contribution is 5.93. The van der Waals surface area contributed by atoms with Gasteiger partial charge in [0.25, 0.3) is 0 Å². The number of benzene rings is 2. The summed E-state index contributed by atoms with van der Waals surface area (Å²) in [6.45, 7) is 0.554. The standard InChI is InChI=1S/C20H22O6/c1-25-16-8-4-14(5-9-16)3-2-12-26-17-10-6-15(7-11-17)13-18(19(21)22)20(23)24/h4-11,18H,2-3,12-13H2,1H3,(H,21,22)(H,23,24). The molecule has 0 aliphatic rings. The van der Waals surface area contributed by atoms with Crippen LogP contribution >= 0.6 is 0 Å². The highest BCUT2D eigenvalue weighted by Gasteiger charge is 2.25. The van der Waals surface area contributed by atoms with E-state index in [4.69, 9.17) is 19.7 Å². The van der Waals surface area contributed by atoms with Crippen LogP contribution in [0.25, 0.3) is 0 Å². The zero-order valence-corrected chi connectivity index (χ0v) is 14.6. The Morgan fingerprint density at radius 1 is 0.885 bits per heavy atom. The summed E-state index contributed by atoms with van der Waals surface area (Å²) < 4.78 is 10.8. The molecule has 0 saturated heterocycles. The molecular formula is C20H22O6. The predicted molar refractivity (Wildman–Crippen MR) is 95.7 cm³/mol. The molecule has 0 radical (unpaired) electrons. The molecule has 2 aromatic carbocycles. The Labute approximate surface area is 152 Å². The molecule has 0 aliphatic heterocycles. The van der Waals surface area contributed by atoms with E-state index in [0.717, 1.165) is 18.6 Å². The summed E-state index contributed by atoms with van der Waals surface area (Å²) in [6.07, 6.45) is 1.69. The number of carboxylic acid groups (broad SMARTS) is 2. The summed E-state index contributed by atoms with van der Waals surface area (Å²) in [4.78, 5) is 21.9. The fourth-order valence-electron chi connectivity index (χ4n) is 2.50. The minimum Gasteiger partial charge on any atom is -0.497 e. The first kappa shape index (κ1) is 19.3. The number of aliphatic carboxylic acids is 2. The van der Waals surface area contributed by atoms with Gasteiger partial charge in [-0.15, -0.1) is 0 Å². The maximum absolute atomic E-state index is 10.9. The summed E-state index contributed by atoms with van der Waals surface area (Å²) >= 11 is 0. The van der Waals surface area contributed by atoms with Crippen LogP contribution in [-0.4, -0.2) is 35.9 Å². The van der Waals surface area contributed by atoms with E-state index in [1.54, 1.807) is 31.4 Å². The maximum atomic E-state index is 10.9. The van der Waals surface area contributed by atoms with Crippen molar-refractivity contribution in [2.75, 3.05) is 13.7 Å². The van der Waals surface area contributed by atoms with E-state index < -0.39 is 17.9 Å². The van der Waals surface area contributed by atoms with Gasteiger partial charge in [0.15, 0.2) is 5.92 Å². The van der Waals surface area contributed by atoms with E-state index in [1.807, 2.05) is 24.3 Å². The van der Waals surface area contributed by atoms with Crippen LogP contribution in [0.3, 0.4) is 0 Å². The van der Waals surface area contributed by atoms with Gasteiger partial charge in [0.05, 0.1) is 13.7 Å². The van der Waals surface area contributed by atoms with Crippen LogP contribution in [0.1, 0.15) is 17.5 Å². The quantitative estimate of drug-likeness (QED) is 0.501. The zero-order valence-electron chi connectivity index (χ0n) is 14.6. The summed E-state index contributed by atoms with van der Waals surface area (Å²) in [6, 6.07) is 14.7. The van der Waals surface area contributed by atoms with Gasteiger partial charge >= 0.3 is 11.9 Å². The molecule has 0 spiro atoms. The Hall–Kier alpha value is -3.02. The zero-order chi connectivity index (χ0) is 18.9. The van der Waals surface area contributed by atoms with Crippen LogP contribution in [0.15, 0.2) is 48.5 Å². The van der Waals surface area contributed by atoms with Gasteiger partial charge in [-0.05, 0) is 54.7 Å². The Kier molecular flexibility index (Phi) is 7.02. The van der Waals surface area contributed by atoms with Crippen molar-refractivity contribution in [1.82, 2.24) is 0 Å². The molecular weight excluding hydrogens is 336 g/mol. The number of rotatable bonds is 10. The minimum absolute atomic E-state index is 0.0532. The van der Waals surface area contributed by atoms with E-state index in [9.17, 15) is 9.59 Å².